The third-order valence-electron chi connectivity index (χ3n) is 3.73. The van der Waals surface area contributed by atoms with E-state index in [0.29, 0.717) is 23.4 Å². The highest BCUT2D eigenvalue weighted by Gasteiger charge is 2.25. The molecule has 0 fully saturated rings. The minimum Gasteiger partial charge on any atom is -0.497 e. The Morgan fingerprint density at radius 3 is 1.96 bits per heavy atom. The fourth-order valence-corrected chi connectivity index (χ4v) is 2.80. The lowest BCUT2D eigenvalue weighted by atomic mass is 9.96. The van der Waals surface area contributed by atoms with E-state index in [-0.39, 0.29) is 22.2 Å². The van der Waals surface area contributed by atoms with Gasteiger partial charge in [0.25, 0.3) is 0 Å². The number of rotatable bonds is 4. The van der Waals surface area contributed by atoms with Crippen LogP contribution in [-0.4, -0.2) is 24.4 Å². The van der Waals surface area contributed by atoms with Crippen LogP contribution in [0, 0.1) is 17.5 Å². The molecular weight excluding hydrogens is 369 g/mol. The van der Waals surface area contributed by atoms with Crippen LogP contribution in [0.25, 0.3) is 22.3 Å². The summed E-state index contributed by atoms with van der Waals surface area (Å²) >= 11 is 6.10. The van der Waals surface area contributed by atoms with Crippen LogP contribution in [0.1, 0.15) is 0 Å². The molecule has 0 aliphatic heterocycles. The third-order valence-corrected chi connectivity index (χ3v) is 3.99. The summed E-state index contributed by atoms with van der Waals surface area (Å²) in [5.41, 5.74) is 0.131. The average Bonchev–Trinajstić information content (AvgIpc) is 2.62. The summed E-state index contributed by atoms with van der Waals surface area (Å²) in [5, 5.41) is 7.26. The van der Waals surface area contributed by atoms with Crippen LogP contribution in [0.5, 0.6) is 11.6 Å². The summed E-state index contributed by atoms with van der Waals surface area (Å²) in [5.74, 6) is -2.68. The molecular formula is C18H12ClF3N2O2. The molecule has 0 atom stereocenters. The lowest BCUT2D eigenvalue weighted by molar-refractivity contribution is 0.394. The van der Waals surface area contributed by atoms with E-state index in [1.54, 1.807) is 24.3 Å². The molecule has 0 bridgehead atoms. The van der Waals surface area contributed by atoms with Crippen molar-refractivity contribution in [3.05, 3.63) is 59.0 Å². The maximum Gasteiger partial charge on any atom is 0.241 e. The van der Waals surface area contributed by atoms with Gasteiger partial charge in [0.05, 0.1) is 25.3 Å². The van der Waals surface area contributed by atoms with E-state index in [4.69, 9.17) is 21.1 Å². The Morgan fingerprint density at radius 1 is 0.808 bits per heavy atom. The number of methoxy groups -OCH3 is 2. The highest BCUT2D eigenvalue weighted by molar-refractivity contribution is 6.33. The van der Waals surface area contributed by atoms with Gasteiger partial charge in [0.1, 0.15) is 23.2 Å². The second-order valence-corrected chi connectivity index (χ2v) is 5.58. The summed E-state index contributed by atoms with van der Waals surface area (Å²) in [4.78, 5) is 0. The minimum absolute atomic E-state index is 0.0118. The Hall–Kier alpha value is -2.80. The molecule has 0 radical (unpaired) electrons. The zero-order valence-corrected chi connectivity index (χ0v) is 14.4. The van der Waals surface area contributed by atoms with Gasteiger partial charge >= 0.3 is 0 Å². The Morgan fingerprint density at radius 2 is 1.42 bits per heavy atom. The predicted molar refractivity (Wildman–Crippen MR) is 90.9 cm³/mol. The first-order chi connectivity index (χ1) is 12.5. The quantitative estimate of drug-likeness (QED) is 0.646. The van der Waals surface area contributed by atoms with Crippen molar-refractivity contribution in [3.8, 4) is 33.9 Å². The van der Waals surface area contributed by atoms with E-state index >= 15 is 0 Å². The highest BCUT2D eigenvalue weighted by atomic mass is 35.5. The second kappa shape index (κ2) is 7.21. The summed E-state index contributed by atoms with van der Waals surface area (Å²) in [6, 6.07) is 7.75. The van der Waals surface area contributed by atoms with Gasteiger partial charge in [-0.2, -0.15) is 0 Å². The van der Waals surface area contributed by atoms with Gasteiger partial charge in [-0.05, 0) is 17.7 Å². The van der Waals surface area contributed by atoms with Gasteiger partial charge in [-0.25, -0.2) is 13.2 Å². The second-order valence-electron chi connectivity index (χ2n) is 5.22. The molecule has 1 aromatic heterocycles. The molecule has 0 amide bonds. The fraction of sp³-hybridized carbons (Fsp3) is 0.111. The van der Waals surface area contributed by atoms with Gasteiger partial charge in [-0.3, -0.25) is 0 Å². The lowest BCUT2D eigenvalue weighted by Crippen LogP contribution is -2.02. The molecule has 0 saturated carbocycles. The molecule has 1 heterocycles. The molecule has 3 aromatic rings. The van der Waals surface area contributed by atoms with Gasteiger partial charge in [0, 0.05) is 17.7 Å². The standard InChI is InChI=1S/C18H12ClF3N2O2/c1-25-11-5-3-9(4-6-11)14-16(17(19)23-24-18(14)26-2)15-12(21)7-10(20)8-13(15)22/h3-8H,1-2H3. The zero-order chi connectivity index (χ0) is 18.8. The molecule has 3 rings (SSSR count). The van der Waals surface area contributed by atoms with E-state index in [2.05, 4.69) is 10.2 Å². The molecule has 4 nitrogen and oxygen atoms in total. The van der Waals surface area contributed by atoms with Crippen molar-refractivity contribution in [1.82, 2.24) is 10.2 Å². The average molecular weight is 381 g/mol. The molecule has 0 unspecified atom stereocenters. The molecule has 2 aromatic carbocycles. The summed E-state index contributed by atoms with van der Waals surface area (Å²) in [7, 11) is 2.85. The molecule has 134 valence electrons. The predicted octanol–water partition coefficient (Wildman–Crippen LogP) is 4.90. The maximum absolute atomic E-state index is 14.4. The number of halogens is 4. The Balaban J connectivity index is 2.35. The zero-order valence-electron chi connectivity index (χ0n) is 13.7. The number of aromatic nitrogens is 2. The van der Waals surface area contributed by atoms with Gasteiger partial charge in [-0.1, -0.05) is 23.7 Å². The fourth-order valence-electron chi connectivity index (χ4n) is 2.58. The first kappa shape index (κ1) is 18.0. The van der Waals surface area contributed by atoms with Gasteiger partial charge in [0.2, 0.25) is 5.88 Å². The van der Waals surface area contributed by atoms with E-state index in [1.807, 2.05) is 0 Å². The van der Waals surface area contributed by atoms with Crippen LogP contribution in [-0.2, 0) is 0 Å². The molecule has 0 aliphatic carbocycles. The first-order valence-corrected chi connectivity index (χ1v) is 7.73. The van der Waals surface area contributed by atoms with Crippen molar-refractivity contribution in [1.29, 1.82) is 0 Å². The van der Waals surface area contributed by atoms with Crippen LogP contribution in [0.3, 0.4) is 0 Å². The first-order valence-electron chi connectivity index (χ1n) is 7.35. The monoisotopic (exact) mass is 380 g/mol. The van der Waals surface area contributed by atoms with Crippen molar-refractivity contribution in [2.75, 3.05) is 14.2 Å². The maximum atomic E-state index is 14.4. The number of benzene rings is 2. The Bertz CT molecular complexity index is 942. The molecule has 0 aliphatic rings. The summed E-state index contributed by atoms with van der Waals surface area (Å²) in [6.07, 6.45) is 0. The van der Waals surface area contributed by atoms with Crippen LogP contribution < -0.4 is 9.47 Å². The van der Waals surface area contributed by atoms with E-state index in [0.717, 1.165) is 0 Å². The van der Waals surface area contributed by atoms with Crippen molar-refractivity contribution in [3.63, 3.8) is 0 Å². The van der Waals surface area contributed by atoms with Gasteiger partial charge in [0.15, 0.2) is 5.15 Å². The van der Waals surface area contributed by atoms with E-state index in [9.17, 15) is 13.2 Å². The summed E-state index contributed by atoms with van der Waals surface area (Å²) in [6.45, 7) is 0. The minimum atomic E-state index is -1.12. The van der Waals surface area contributed by atoms with Crippen molar-refractivity contribution in [2.45, 2.75) is 0 Å². The smallest absolute Gasteiger partial charge is 0.241 e. The van der Waals surface area contributed by atoms with E-state index < -0.39 is 23.0 Å². The van der Waals surface area contributed by atoms with Crippen LogP contribution in [0.4, 0.5) is 13.2 Å². The van der Waals surface area contributed by atoms with Gasteiger partial charge < -0.3 is 9.47 Å². The van der Waals surface area contributed by atoms with Crippen LogP contribution >= 0.6 is 11.6 Å². The molecule has 8 heteroatoms. The van der Waals surface area contributed by atoms with E-state index in [1.165, 1.54) is 14.2 Å². The van der Waals surface area contributed by atoms with Crippen molar-refractivity contribution >= 4 is 11.6 Å². The SMILES string of the molecule is COc1ccc(-c2c(OC)nnc(Cl)c2-c2c(F)cc(F)cc2F)cc1. The topological polar surface area (TPSA) is 44.2 Å². The van der Waals surface area contributed by atoms with Crippen LogP contribution in [0.2, 0.25) is 5.15 Å². The molecule has 0 spiro atoms. The number of nitrogens with zero attached hydrogens (tertiary/aromatic N) is 2. The Labute approximate surface area is 152 Å². The van der Waals surface area contributed by atoms with Crippen LogP contribution in [0.15, 0.2) is 36.4 Å². The largest absolute Gasteiger partial charge is 0.497 e. The number of hydrogen-bond donors (Lipinski definition) is 0. The summed E-state index contributed by atoms with van der Waals surface area (Å²) < 4.78 is 52.4. The molecule has 0 saturated heterocycles. The third kappa shape index (κ3) is 3.17. The molecule has 26 heavy (non-hydrogen) atoms. The van der Waals surface area contributed by atoms with Crippen molar-refractivity contribution in [2.24, 2.45) is 0 Å². The highest BCUT2D eigenvalue weighted by Crippen LogP contribution is 2.43. The van der Waals surface area contributed by atoms with Gasteiger partial charge in [-0.15, -0.1) is 10.2 Å². The lowest BCUT2D eigenvalue weighted by Gasteiger charge is -2.15. The number of ether oxygens (including phenoxy) is 2. The number of hydrogen-bond acceptors (Lipinski definition) is 4. The van der Waals surface area contributed by atoms with Crippen molar-refractivity contribution < 1.29 is 22.6 Å². The molecule has 0 N–H and O–H groups in total. The normalized spacial score (nSPS) is 10.7. The Kier molecular flexibility index (Phi) is 4.99.